The van der Waals surface area contributed by atoms with E-state index in [-0.39, 0.29) is 11.5 Å². The molecule has 1 aromatic heterocycles. The van der Waals surface area contributed by atoms with Crippen LogP contribution >= 0.6 is 0 Å². The van der Waals surface area contributed by atoms with Gasteiger partial charge in [0, 0.05) is 18.0 Å². The van der Waals surface area contributed by atoms with Crippen molar-refractivity contribution in [3.05, 3.63) is 30.1 Å². The first-order chi connectivity index (χ1) is 8.53. The van der Waals surface area contributed by atoms with Crippen molar-refractivity contribution in [2.24, 2.45) is 5.41 Å². The summed E-state index contributed by atoms with van der Waals surface area (Å²) in [6.07, 6.45) is 3.78. The fourth-order valence-corrected chi connectivity index (χ4v) is 1.60. The summed E-state index contributed by atoms with van der Waals surface area (Å²) in [4.78, 5) is 4.42. The van der Waals surface area contributed by atoms with Gasteiger partial charge in [-0.15, -0.1) is 5.92 Å². The van der Waals surface area contributed by atoms with Gasteiger partial charge in [0.05, 0.1) is 11.7 Å². The molecule has 0 bridgehead atoms. The Balaban J connectivity index is 2.70. The smallest absolute Gasteiger partial charge is 0.0605 e. The average molecular weight is 244 g/mol. The Hall–Kier alpha value is -1.33. The summed E-state index contributed by atoms with van der Waals surface area (Å²) >= 11 is 0. The van der Waals surface area contributed by atoms with Crippen molar-refractivity contribution in [1.29, 1.82) is 0 Å². The second-order valence-corrected chi connectivity index (χ2v) is 5.52. The summed E-state index contributed by atoms with van der Waals surface area (Å²) in [5.41, 5.74) is 1.15. The summed E-state index contributed by atoms with van der Waals surface area (Å²) in [6.45, 7) is 9.57. The van der Waals surface area contributed by atoms with Crippen LogP contribution in [0.3, 0.4) is 0 Å². The predicted octanol–water partition coefficient (Wildman–Crippen LogP) is 3.56. The molecule has 0 aliphatic heterocycles. The highest BCUT2D eigenvalue weighted by Crippen LogP contribution is 2.15. The van der Waals surface area contributed by atoms with Crippen LogP contribution < -0.4 is 5.32 Å². The topological polar surface area (TPSA) is 24.9 Å². The second kappa shape index (κ2) is 7.18. The van der Waals surface area contributed by atoms with Gasteiger partial charge in [-0.25, -0.2) is 0 Å². The summed E-state index contributed by atoms with van der Waals surface area (Å²) in [5.74, 6) is 6.56. The molecule has 1 atom stereocenters. The van der Waals surface area contributed by atoms with Crippen molar-refractivity contribution in [1.82, 2.24) is 10.3 Å². The first kappa shape index (κ1) is 14.7. The van der Waals surface area contributed by atoms with E-state index in [2.05, 4.69) is 55.9 Å². The number of nitrogens with zero attached hydrogens (tertiary/aromatic N) is 1. The van der Waals surface area contributed by atoms with Crippen LogP contribution in [0.25, 0.3) is 0 Å². The highest BCUT2D eigenvalue weighted by molar-refractivity contribution is 5.14. The van der Waals surface area contributed by atoms with Crippen LogP contribution in [0, 0.1) is 17.3 Å². The Morgan fingerprint density at radius 1 is 1.33 bits per heavy atom. The molecule has 0 spiro atoms. The highest BCUT2D eigenvalue weighted by Gasteiger charge is 2.10. The average Bonchev–Trinajstić information content (AvgIpc) is 2.33. The fraction of sp³-hybridized carbons (Fsp3) is 0.562. The molecule has 1 heterocycles. The van der Waals surface area contributed by atoms with Gasteiger partial charge in [0.25, 0.3) is 0 Å². The number of aromatic nitrogens is 1. The SMILES string of the molecule is CCCNC(CC#CC(C)(C)C)c1ccccn1. The lowest BCUT2D eigenvalue weighted by Crippen LogP contribution is -2.22. The van der Waals surface area contributed by atoms with Crippen molar-refractivity contribution < 1.29 is 0 Å². The van der Waals surface area contributed by atoms with Crippen molar-refractivity contribution in [2.75, 3.05) is 6.54 Å². The molecule has 18 heavy (non-hydrogen) atoms. The number of pyridine rings is 1. The van der Waals surface area contributed by atoms with Gasteiger partial charge in [0.2, 0.25) is 0 Å². The van der Waals surface area contributed by atoms with E-state index in [1.54, 1.807) is 0 Å². The number of hydrogen-bond acceptors (Lipinski definition) is 2. The van der Waals surface area contributed by atoms with E-state index in [1.165, 1.54) is 0 Å². The Bertz CT molecular complexity index is 393. The van der Waals surface area contributed by atoms with E-state index in [0.717, 1.165) is 25.1 Å². The molecular formula is C16H24N2. The van der Waals surface area contributed by atoms with Gasteiger partial charge in [0.1, 0.15) is 0 Å². The van der Waals surface area contributed by atoms with Crippen LogP contribution in [0.1, 0.15) is 52.3 Å². The van der Waals surface area contributed by atoms with Crippen LogP contribution in [0.2, 0.25) is 0 Å². The van der Waals surface area contributed by atoms with Crippen LogP contribution in [-0.2, 0) is 0 Å². The molecule has 0 aliphatic carbocycles. The third-order valence-electron chi connectivity index (χ3n) is 2.46. The third kappa shape index (κ3) is 5.84. The molecule has 0 amide bonds. The van der Waals surface area contributed by atoms with E-state index in [4.69, 9.17) is 0 Å². The summed E-state index contributed by atoms with van der Waals surface area (Å²) < 4.78 is 0. The third-order valence-corrected chi connectivity index (χ3v) is 2.46. The molecule has 1 aromatic rings. The Kier molecular flexibility index (Phi) is 5.88. The first-order valence-electron chi connectivity index (χ1n) is 6.67. The molecule has 2 nitrogen and oxygen atoms in total. The van der Waals surface area contributed by atoms with Crippen molar-refractivity contribution in [3.63, 3.8) is 0 Å². The zero-order valence-electron chi connectivity index (χ0n) is 12.0. The molecule has 0 aromatic carbocycles. The molecule has 0 saturated heterocycles. The van der Waals surface area contributed by atoms with Crippen LogP contribution in [-0.4, -0.2) is 11.5 Å². The number of nitrogens with one attached hydrogen (secondary N) is 1. The quantitative estimate of drug-likeness (QED) is 0.801. The zero-order valence-corrected chi connectivity index (χ0v) is 12.0. The van der Waals surface area contributed by atoms with Gasteiger partial charge in [-0.2, -0.15) is 0 Å². The maximum Gasteiger partial charge on any atom is 0.0605 e. The van der Waals surface area contributed by atoms with E-state index >= 15 is 0 Å². The highest BCUT2D eigenvalue weighted by atomic mass is 14.9. The molecule has 0 aliphatic rings. The first-order valence-corrected chi connectivity index (χ1v) is 6.67. The molecule has 0 fully saturated rings. The maximum atomic E-state index is 4.42. The lowest BCUT2D eigenvalue weighted by atomic mass is 9.97. The summed E-state index contributed by atoms with van der Waals surface area (Å²) in [7, 11) is 0. The van der Waals surface area contributed by atoms with Gasteiger partial charge in [-0.05, 0) is 45.9 Å². The van der Waals surface area contributed by atoms with Crippen LogP contribution in [0.5, 0.6) is 0 Å². The normalized spacial score (nSPS) is 12.7. The minimum Gasteiger partial charge on any atom is -0.308 e. The molecule has 1 rings (SSSR count). The van der Waals surface area contributed by atoms with Crippen LogP contribution in [0.15, 0.2) is 24.4 Å². The summed E-state index contributed by atoms with van der Waals surface area (Å²) in [6, 6.07) is 6.27. The standard InChI is InChI=1S/C16H24N2/c1-5-12-17-15(10-8-11-16(2,3)4)14-9-6-7-13-18-14/h6-7,9,13,15,17H,5,10,12H2,1-4H3. The van der Waals surface area contributed by atoms with Crippen molar-refractivity contribution in [2.45, 2.75) is 46.6 Å². The van der Waals surface area contributed by atoms with Gasteiger partial charge < -0.3 is 5.32 Å². The molecule has 2 heteroatoms. The van der Waals surface area contributed by atoms with Crippen molar-refractivity contribution >= 4 is 0 Å². The molecule has 1 N–H and O–H groups in total. The predicted molar refractivity (Wildman–Crippen MR) is 77.1 cm³/mol. The van der Waals surface area contributed by atoms with Gasteiger partial charge in [-0.3, -0.25) is 4.98 Å². The minimum atomic E-state index is 0.0689. The molecule has 0 saturated carbocycles. The lowest BCUT2D eigenvalue weighted by molar-refractivity contribution is 0.527. The van der Waals surface area contributed by atoms with Gasteiger partial charge >= 0.3 is 0 Å². The largest absolute Gasteiger partial charge is 0.308 e. The maximum absolute atomic E-state index is 4.42. The Labute approximate surface area is 111 Å². The number of rotatable bonds is 5. The van der Waals surface area contributed by atoms with Crippen molar-refractivity contribution in [3.8, 4) is 11.8 Å². The molecule has 1 unspecified atom stereocenters. The monoisotopic (exact) mass is 244 g/mol. The number of hydrogen-bond donors (Lipinski definition) is 1. The van der Waals surface area contributed by atoms with E-state index in [0.29, 0.717) is 0 Å². The molecule has 0 radical (unpaired) electrons. The second-order valence-electron chi connectivity index (χ2n) is 5.52. The van der Waals surface area contributed by atoms with E-state index < -0.39 is 0 Å². The summed E-state index contributed by atoms with van der Waals surface area (Å²) in [5, 5.41) is 3.51. The zero-order chi connectivity index (χ0) is 13.4. The molecular weight excluding hydrogens is 220 g/mol. The fourth-order valence-electron chi connectivity index (χ4n) is 1.60. The van der Waals surface area contributed by atoms with Gasteiger partial charge in [-0.1, -0.05) is 18.9 Å². The Morgan fingerprint density at radius 3 is 2.67 bits per heavy atom. The molecule has 98 valence electrons. The van der Waals surface area contributed by atoms with Crippen LogP contribution in [0.4, 0.5) is 0 Å². The lowest BCUT2D eigenvalue weighted by Gasteiger charge is -2.15. The van der Waals surface area contributed by atoms with E-state index in [1.807, 2.05) is 18.3 Å². The van der Waals surface area contributed by atoms with E-state index in [9.17, 15) is 0 Å². The minimum absolute atomic E-state index is 0.0689. The van der Waals surface area contributed by atoms with Gasteiger partial charge in [0.15, 0.2) is 0 Å². The Morgan fingerprint density at radius 2 is 2.11 bits per heavy atom.